The van der Waals surface area contributed by atoms with Crippen molar-refractivity contribution < 1.29 is 8.81 Å². The number of rotatable bonds is 5. The summed E-state index contributed by atoms with van der Waals surface area (Å²) in [4.78, 5) is 10.8. The van der Waals surface area contributed by atoms with E-state index in [2.05, 4.69) is 36.1 Å². The standard InChI is InChI=1S/C19H27FN4O.HI/c1-6-21-18(24(5)13-14-8-7-9-15(20)10-14)23-12-17-22-11-16(25-17)19(2,3)4;/h7-11H,6,12-13H2,1-5H3,(H,21,23);1H. The van der Waals surface area contributed by atoms with Crippen LogP contribution >= 0.6 is 24.0 Å². The Morgan fingerprint density at radius 1 is 1.35 bits per heavy atom. The van der Waals surface area contributed by atoms with Crippen molar-refractivity contribution in [1.82, 2.24) is 15.2 Å². The lowest BCUT2D eigenvalue weighted by atomic mass is 9.94. The molecule has 1 aromatic carbocycles. The van der Waals surface area contributed by atoms with Crippen LogP contribution in [-0.4, -0.2) is 29.4 Å². The minimum atomic E-state index is -0.234. The van der Waals surface area contributed by atoms with Gasteiger partial charge in [0.15, 0.2) is 5.96 Å². The first-order valence-corrected chi connectivity index (χ1v) is 8.48. The molecule has 0 aliphatic carbocycles. The van der Waals surface area contributed by atoms with E-state index in [9.17, 15) is 4.39 Å². The molecule has 144 valence electrons. The Labute approximate surface area is 172 Å². The van der Waals surface area contributed by atoms with E-state index in [0.717, 1.165) is 23.8 Å². The van der Waals surface area contributed by atoms with Gasteiger partial charge in [-0.3, -0.25) is 0 Å². The summed E-state index contributed by atoms with van der Waals surface area (Å²) in [5.74, 6) is 1.92. The molecule has 5 nitrogen and oxygen atoms in total. The van der Waals surface area contributed by atoms with Crippen molar-refractivity contribution >= 4 is 29.9 Å². The van der Waals surface area contributed by atoms with Gasteiger partial charge in [0.25, 0.3) is 0 Å². The maximum Gasteiger partial charge on any atom is 0.216 e. The van der Waals surface area contributed by atoms with Crippen LogP contribution in [0.15, 0.2) is 39.9 Å². The van der Waals surface area contributed by atoms with Crippen molar-refractivity contribution in [3.63, 3.8) is 0 Å². The second-order valence-electron chi connectivity index (χ2n) is 7.02. The van der Waals surface area contributed by atoms with Crippen molar-refractivity contribution in [2.75, 3.05) is 13.6 Å². The molecule has 1 heterocycles. The third-order valence-electron chi connectivity index (χ3n) is 3.66. The van der Waals surface area contributed by atoms with Gasteiger partial charge in [-0.2, -0.15) is 0 Å². The highest BCUT2D eigenvalue weighted by Gasteiger charge is 2.19. The van der Waals surface area contributed by atoms with Crippen LogP contribution < -0.4 is 5.32 Å². The molecule has 0 unspecified atom stereocenters. The van der Waals surface area contributed by atoms with E-state index < -0.39 is 0 Å². The third-order valence-corrected chi connectivity index (χ3v) is 3.66. The predicted octanol–water partition coefficient (Wildman–Crippen LogP) is 4.33. The number of hydrogen-bond acceptors (Lipinski definition) is 3. The Bertz CT molecular complexity index is 724. The van der Waals surface area contributed by atoms with Crippen LogP contribution in [0, 0.1) is 5.82 Å². The maximum absolute atomic E-state index is 13.3. The van der Waals surface area contributed by atoms with Gasteiger partial charge in [0.05, 0.1) is 6.20 Å². The fourth-order valence-electron chi connectivity index (χ4n) is 2.33. The molecular weight excluding hydrogens is 446 g/mol. The van der Waals surface area contributed by atoms with Crippen LogP contribution in [0.1, 0.15) is 44.9 Å². The Morgan fingerprint density at radius 3 is 2.65 bits per heavy atom. The Balaban J connectivity index is 0.00000338. The smallest absolute Gasteiger partial charge is 0.216 e. The molecular formula is C19H28FIN4O. The average molecular weight is 474 g/mol. The van der Waals surface area contributed by atoms with Crippen molar-refractivity contribution in [1.29, 1.82) is 0 Å². The van der Waals surface area contributed by atoms with Crippen LogP contribution in [-0.2, 0) is 18.5 Å². The number of aromatic nitrogens is 1. The SMILES string of the molecule is CCNC(=NCc1ncc(C(C)(C)C)o1)N(C)Cc1cccc(F)c1.I. The molecule has 0 spiro atoms. The van der Waals surface area contributed by atoms with E-state index in [-0.39, 0.29) is 35.2 Å². The zero-order valence-corrected chi connectivity index (χ0v) is 18.4. The highest BCUT2D eigenvalue weighted by atomic mass is 127. The van der Waals surface area contributed by atoms with Crippen LogP contribution in [0.4, 0.5) is 4.39 Å². The lowest BCUT2D eigenvalue weighted by Gasteiger charge is -2.22. The van der Waals surface area contributed by atoms with Crippen LogP contribution in [0.2, 0.25) is 0 Å². The molecule has 7 heteroatoms. The van der Waals surface area contributed by atoms with Gasteiger partial charge in [0, 0.05) is 25.6 Å². The van der Waals surface area contributed by atoms with Gasteiger partial charge in [-0.1, -0.05) is 32.9 Å². The molecule has 0 saturated heterocycles. The molecule has 0 fully saturated rings. The summed E-state index contributed by atoms with van der Waals surface area (Å²) in [5, 5.41) is 3.24. The van der Waals surface area contributed by atoms with E-state index in [1.54, 1.807) is 12.3 Å². The molecule has 0 bridgehead atoms. The Kier molecular flexibility index (Phi) is 8.52. The minimum Gasteiger partial charge on any atom is -0.443 e. The van der Waals surface area contributed by atoms with E-state index >= 15 is 0 Å². The summed E-state index contributed by atoms with van der Waals surface area (Å²) in [7, 11) is 1.92. The maximum atomic E-state index is 13.3. The van der Waals surface area contributed by atoms with Crippen LogP contribution in [0.5, 0.6) is 0 Å². The third kappa shape index (κ3) is 6.59. The van der Waals surface area contributed by atoms with Crippen LogP contribution in [0.3, 0.4) is 0 Å². The zero-order chi connectivity index (χ0) is 18.4. The predicted molar refractivity (Wildman–Crippen MR) is 113 cm³/mol. The number of aliphatic imine (C=N–C) groups is 1. The largest absolute Gasteiger partial charge is 0.443 e. The second kappa shape index (κ2) is 9.89. The van der Waals surface area contributed by atoms with E-state index in [0.29, 0.717) is 19.0 Å². The van der Waals surface area contributed by atoms with Crippen molar-refractivity contribution in [3.8, 4) is 0 Å². The van der Waals surface area contributed by atoms with E-state index in [4.69, 9.17) is 4.42 Å². The second-order valence-corrected chi connectivity index (χ2v) is 7.02. The molecule has 0 amide bonds. The number of guanidine groups is 1. The Hall–Kier alpha value is -1.64. The fourth-order valence-corrected chi connectivity index (χ4v) is 2.33. The number of hydrogen-bond donors (Lipinski definition) is 1. The van der Waals surface area contributed by atoms with Gasteiger partial charge >= 0.3 is 0 Å². The van der Waals surface area contributed by atoms with Gasteiger partial charge < -0.3 is 14.6 Å². The molecule has 0 atom stereocenters. The number of nitrogens with one attached hydrogen (secondary N) is 1. The first-order valence-electron chi connectivity index (χ1n) is 8.48. The fraction of sp³-hybridized carbons (Fsp3) is 0.474. The normalized spacial score (nSPS) is 11.8. The number of nitrogens with zero attached hydrogens (tertiary/aromatic N) is 3. The first-order chi connectivity index (χ1) is 11.8. The number of halogens is 2. The first kappa shape index (κ1) is 22.4. The summed E-state index contributed by atoms with van der Waals surface area (Å²) in [6, 6.07) is 6.58. The molecule has 2 rings (SSSR count). The van der Waals surface area contributed by atoms with Gasteiger partial charge in [0.1, 0.15) is 18.1 Å². The molecule has 0 radical (unpaired) electrons. The molecule has 1 aromatic heterocycles. The van der Waals surface area contributed by atoms with Gasteiger partial charge in [-0.05, 0) is 24.6 Å². The monoisotopic (exact) mass is 474 g/mol. The molecule has 26 heavy (non-hydrogen) atoms. The summed E-state index contributed by atoms with van der Waals surface area (Å²) in [5.41, 5.74) is 0.812. The summed E-state index contributed by atoms with van der Waals surface area (Å²) >= 11 is 0. The Morgan fingerprint density at radius 2 is 2.08 bits per heavy atom. The lowest BCUT2D eigenvalue weighted by molar-refractivity contribution is 0.382. The topological polar surface area (TPSA) is 53.7 Å². The number of oxazole rings is 1. The summed E-state index contributed by atoms with van der Waals surface area (Å²) < 4.78 is 19.1. The average Bonchev–Trinajstić information content (AvgIpc) is 3.00. The van der Waals surface area contributed by atoms with E-state index in [1.807, 2.05) is 24.9 Å². The highest BCUT2D eigenvalue weighted by molar-refractivity contribution is 14.0. The van der Waals surface area contributed by atoms with Crippen molar-refractivity contribution in [3.05, 3.63) is 53.5 Å². The van der Waals surface area contributed by atoms with Gasteiger partial charge in [-0.15, -0.1) is 24.0 Å². The van der Waals surface area contributed by atoms with Crippen molar-refractivity contribution in [2.45, 2.75) is 46.2 Å². The quantitative estimate of drug-likeness (QED) is 0.399. The van der Waals surface area contributed by atoms with Crippen molar-refractivity contribution in [2.24, 2.45) is 4.99 Å². The molecule has 0 saturated carbocycles. The van der Waals surface area contributed by atoms with E-state index in [1.165, 1.54) is 12.1 Å². The van der Waals surface area contributed by atoms with Gasteiger partial charge in [-0.25, -0.2) is 14.4 Å². The summed E-state index contributed by atoms with van der Waals surface area (Å²) in [6.07, 6.45) is 1.76. The molecule has 1 N–H and O–H groups in total. The highest BCUT2D eigenvalue weighted by Crippen LogP contribution is 2.22. The molecule has 0 aliphatic rings. The summed E-state index contributed by atoms with van der Waals surface area (Å²) in [6.45, 7) is 9.90. The number of benzene rings is 1. The minimum absolute atomic E-state index is 0. The van der Waals surface area contributed by atoms with Crippen LogP contribution in [0.25, 0.3) is 0 Å². The lowest BCUT2D eigenvalue weighted by Crippen LogP contribution is -2.38. The molecule has 0 aliphatic heterocycles. The molecule has 2 aromatic rings. The van der Waals surface area contributed by atoms with Gasteiger partial charge in [0.2, 0.25) is 5.89 Å². The zero-order valence-electron chi connectivity index (χ0n) is 16.0.